The SMILES string of the molecule is NC(=Nc1cccc(Cl)c1)N(O)Cc1ccncc1. The Hall–Kier alpha value is -2.11. The predicted molar refractivity (Wildman–Crippen MR) is 74.3 cm³/mol. The van der Waals surface area contributed by atoms with Crippen molar-refractivity contribution in [2.24, 2.45) is 10.7 Å². The van der Waals surface area contributed by atoms with E-state index in [9.17, 15) is 5.21 Å². The number of aliphatic imine (C=N–C) groups is 1. The molecular weight excluding hydrogens is 264 g/mol. The fraction of sp³-hybridized carbons (Fsp3) is 0.0769. The molecule has 1 aromatic heterocycles. The summed E-state index contributed by atoms with van der Waals surface area (Å²) >= 11 is 5.84. The summed E-state index contributed by atoms with van der Waals surface area (Å²) in [4.78, 5) is 7.98. The van der Waals surface area contributed by atoms with E-state index >= 15 is 0 Å². The second kappa shape index (κ2) is 6.17. The van der Waals surface area contributed by atoms with Crippen LogP contribution >= 0.6 is 11.6 Å². The first-order valence-electron chi connectivity index (χ1n) is 5.60. The van der Waals surface area contributed by atoms with E-state index < -0.39 is 0 Å². The molecule has 0 amide bonds. The fourth-order valence-corrected chi connectivity index (χ4v) is 1.66. The number of hydrogen-bond donors (Lipinski definition) is 2. The third kappa shape index (κ3) is 3.94. The first kappa shape index (κ1) is 13.3. The van der Waals surface area contributed by atoms with Crippen molar-refractivity contribution >= 4 is 23.2 Å². The molecular formula is C13H13ClN4O. The normalized spacial score (nSPS) is 11.4. The van der Waals surface area contributed by atoms with E-state index in [0.717, 1.165) is 10.6 Å². The summed E-state index contributed by atoms with van der Waals surface area (Å²) < 4.78 is 0. The van der Waals surface area contributed by atoms with Crippen LogP contribution in [-0.4, -0.2) is 21.2 Å². The van der Waals surface area contributed by atoms with Crippen molar-refractivity contribution in [3.63, 3.8) is 0 Å². The molecule has 2 rings (SSSR count). The third-order valence-electron chi connectivity index (χ3n) is 2.40. The quantitative estimate of drug-likeness (QED) is 0.513. The number of halogens is 1. The highest BCUT2D eigenvalue weighted by Crippen LogP contribution is 2.17. The van der Waals surface area contributed by atoms with Crippen LogP contribution in [0.1, 0.15) is 5.56 Å². The lowest BCUT2D eigenvalue weighted by molar-refractivity contribution is -0.0242. The van der Waals surface area contributed by atoms with Crippen LogP contribution in [0.25, 0.3) is 0 Å². The first-order valence-corrected chi connectivity index (χ1v) is 5.98. The Bertz CT molecular complexity index is 574. The Balaban J connectivity index is 2.08. The molecule has 6 heteroatoms. The molecule has 2 aromatic rings. The van der Waals surface area contributed by atoms with E-state index in [4.69, 9.17) is 17.3 Å². The summed E-state index contributed by atoms with van der Waals surface area (Å²) in [6.45, 7) is 0.235. The fourth-order valence-electron chi connectivity index (χ4n) is 1.48. The second-order valence-corrected chi connectivity index (χ2v) is 4.30. The molecule has 19 heavy (non-hydrogen) atoms. The van der Waals surface area contributed by atoms with Crippen LogP contribution in [0.2, 0.25) is 5.02 Å². The van der Waals surface area contributed by atoms with Crippen LogP contribution in [0, 0.1) is 0 Å². The average Bonchev–Trinajstić information content (AvgIpc) is 2.40. The van der Waals surface area contributed by atoms with Crippen molar-refractivity contribution in [1.82, 2.24) is 10.0 Å². The lowest BCUT2D eigenvalue weighted by Crippen LogP contribution is -2.33. The van der Waals surface area contributed by atoms with Gasteiger partial charge in [0.05, 0.1) is 12.2 Å². The van der Waals surface area contributed by atoms with Crippen molar-refractivity contribution in [1.29, 1.82) is 0 Å². The molecule has 0 radical (unpaired) electrons. The number of aromatic nitrogens is 1. The molecule has 3 N–H and O–H groups in total. The highest BCUT2D eigenvalue weighted by molar-refractivity contribution is 6.30. The van der Waals surface area contributed by atoms with Crippen molar-refractivity contribution < 1.29 is 5.21 Å². The van der Waals surface area contributed by atoms with Gasteiger partial charge in [-0.3, -0.25) is 10.2 Å². The zero-order valence-corrected chi connectivity index (χ0v) is 10.8. The van der Waals surface area contributed by atoms with Crippen molar-refractivity contribution in [2.75, 3.05) is 0 Å². The Labute approximate surface area is 115 Å². The van der Waals surface area contributed by atoms with Gasteiger partial charge < -0.3 is 5.73 Å². The molecule has 0 fully saturated rings. The van der Waals surface area contributed by atoms with E-state index in [1.165, 1.54) is 0 Å². The van der Waals surface area contributed by atoms with Crippen LogP contribution in [0.3, 0.4) is 0 Å². The molecule has 0 atom stereocenters. The first-order chi connectivity index (χ1) is 9.15. The number of nitrogens with zero attached hydrogens (tertiary/aromatic N) is 3. The molecule has 1 aromatic carbocycles. The van der Waals surface area contributed by atoms with Crippen LogP contribution in [0.5, 0.6) is 0 Å². The van der Waals surface area contributed by atoms with Crippen LogP contribution in [0.4, 0.5) is 5.69 Å². The molecule has 0 aliphatic heterocycles. The van der Waals surface area contributed by atoms with Gasteiger partial charge in [-0.05, 0) is 35.9 Å². The van der Waals surface area contributed by atoms with E-state index in [-0.39, 0.29) is 12.5 Å². The van der Waals surface area contributed by atoms with Gasteiger partial charge in [0, 0.05) is 17.4 Å². The summed E-state index contributed by atoms with van der Waals surface area (Å²) in [7, 11) is 0. The summed E-state index contributed by atoms with van der Waals surface area (Å²) in [6.07, 6.45) is 3.29. The number of hydrogen-bond acceptors (Lipinski definition) is 3. The molecule has 98 valence electrons. The smallest absolute Gasteiger partial charge is 0.221 e. The number of hydroxylamine groups is 2. The van der Waals surface area contributed by atoms with E-state index in [1.807, 2.05) is 0 Å². The van der Waals surface area contributed by atoms with Gasteiger partial charge in [-0.1, -0.05) is 17.7 Å². The third-order valence-corrected chi connectivity index (χ3v) is 2.63. The molecule has 5 nitrogen and oxygen atoms in total. The van der Waals surface area contributed by atoms with E-state index in [2.05, 4.69) is 9.98 Å². The molecule has 0 unspecified atom stereocenters. The van der Waals surface area contributed by atoms with E-state index in [1.54, 1.807) is 48.8 Å². The Kier molecular flexibility index (Phi) is 4.33. The predicted octanol–water partition coefficient (Wildman–Crippen LogP) is 2.57. The van der Waals surface area contributed by atoms with Gasteiger partial charge >= 0.3 is 0 Å². The zero-order chi connectivity index (χ0) is 13.7. The molecule has 0 saturated heterocycles. The number of pyridine rings is 1. The van der Waals surface area contributed by atoms with Gasteiger partial charge in [0.1, 0.15) is 0 Å². The standard InChI is InChI=1S/C13H13ClN4O/c14-11-2-1-3-12(8-11)17-13(15)18(19)9-10-4-6-16-7-5-10/h1-8,19H,9H2,(H2,15,17). The summed E-state index contributed by atoms with van der Waals surface area (Å²) in [5, 5.41) is 11.3. The minimum absolute atomic E-state index is 0.000853. The number of nitrogens with two attached hydrogens (primary N) is 1. The van der Waals surface area contributed by atoms with E-state index in [0.29, 0.717) is 10.7 Å². The highest BCUT2D eigenvalue weighted by atomic mass is 35.5. The maximum absolute atomic E-state index is 9.83. The van der Waals surface area contributed by atoms with Crippen LogP contribution < -0.4 is 5.73 Å². The Morgan fingerprint density at radius 3 is 2.74 bits per heavy atom. The van der Waals surface area contributed by atoms with Crippen LogP contribution in [0.15, 0.2) is 53.8 Å². The van der Waals surface area contributed by atoms with Crippen LogP contribution in [-0.2, 0) is 6.54 Å². The summed E-state index contributed by atoms with van der Waals surface area (Å²) in [5.74, 6) is -0.000853. The monoisotopic (exact) mass is 276 g/mol. The maximum Gasteiger partial charge on any atom is 0.221 e. The Morgan fingerprint density at radius 1 is 1.32 bits per heavy atom. The molecule has 1 heterocycles. The van der Waals surface area contributed by atoms with Gasteiger partial charge in [-0.2, -0.15) is 0 Å². The van der Waals surface area contributed by atoms with Gasteiger partial charge in [-0.15, -0.1) is 0 Å². The second-order valence-electron chi connectivity index (χ2n) is 3.86. The van der Waals surface area contributed by atoms with Crippen molar-refractivity contribution in [3.8, 4) is 0 Å². The number of benzene rings is 1. The lowest BCUT2D eigenvalue weighted by Gasteiger charge is -2.15. The largest absolute Gasteiger partial charge is 0.368 e. The molecule has 0 bridgehead atoms. The Morgan fingerprint density at radius 2 is 2.05 bits per heavy atom. The summed E-state index contributed by atoms with van der Waals surface area (Å²) in [5.41, 5.74) is 7.17. The number of rotatable bonds is 3. The minimum Gasteiger partial charge on any atom is -0.368 e. The van der Waals surface area contributed by atoms with Gasteiger partial charge in [0.2, 0.25) is 5.96 Å². The molecule has 0 aliphatic rings. The topological polar surface area (TPSA) is 74.7 Å². The molecule has 0 saturated carbocycles. The summed E-state index contributed by atoms with van der Waals surface area (Å²) in [6, 6.07) is 10.5. The lowest BCUT2D eigenvalue weighted by atomic mass is 10.3. The zero-order valence-electron chi connectivity index (χ0n) is 10.1. The van der Waals surface area contributed by atoms with Crippen molar-refractivity contribution in [3.05, 3.63) is 59.4 Å². The maximum atomic E-state index is 9.83. The minimum atomic E-state index is -0.000853. The molecule has 0 aliphatic carbocycles. The highest BCUT2D eigenvalue weighted by Gasteiger charge is 2.05. The van der Waals surface area contributed by atoms with Gasteiger partial charge in [-0.25, -0.2) is 10.1 Å². The molecule has 0 spiro atoms. The average molecular weight is 277 g/mol. The van der Waals surface area contributed by atoms with Crippen molar-refractivity contribution in [2.45, 2.75) is 6.54 Å². The van der Waals surface area contributed by atoms with Gasteiger partial charge in [0.15, 0.2) is 0 Å². The number of guanidine groups is 1. The van der Waals surface area contributed by atoms with Gasteiger partial charge in [0.25, 0.3) is 0 Å².